The Morgan fingerprint density at radius 1 is 0.636 bits per heavy atom. The molecule has 0 rings (SSSR count). The van der Waals surface area contributed by atoms with Crippen LogP contribution in [0.15, 0.2) is 0 Å². The van der Waals surface area contributed by atoms with Crippen LogP contribution in [0.3, 0.4) is 0 Å². The van der Waals surface area contributed by atoms with E-state index in [1.54, 1.807) is 0 Å². The summed E-state index contributed by atoms with van der Waals surface area (Å²) >= 11 is 0. The summed E-state index contributed by atoms with van der Waals surface area (Å²) in [6.07, 6.45) is 19.6. The molecule has 0 amide bonds. The highest BCUT2D eigenvalue weighted by molar-refractivity contribution is 5.69. The van der Waals surface area contributed by atoms with E-state index in [0.29, 0.717) is 0 Å². The van der Waals surface area contributed by atoms with E-state index in [2.05, 4.69) is 13.8 Å². The van der Waals surface area contributed by atoms with Crippen molar-refractivity contribution in [2.45, 2.75) is 117 Å². The lowest BCUT2D eigenvalue weighted by Crippen LogP contribution is -2.13. The minimum Gasteiger partial charge on any atom is -0.481 e. The third-order valence-electron chi connectivity index (χ3n) is 4.66. The summed E-state index contributed by atoms with van der Waals surface area (Å²) < 4.78 is 0. The Balaban J connectivity index is 3.50. The number of rotatable bonds is 17. The fourth-order valence-electron chi connectivity index (χ4n) is 3.09. The van der Waals surface area contributed by atoms with Crippen LogP contribution < -0.4 is 0 Å². The van der Waals surface area contributed by atoms with Gasteiger partial charge in [-0.2, -0.15) is 0 Å². The molecule has 2 nitrogen and oxygen atoms in total. The quantitative estimate of drug-likeness (QED) is 0.294. The topological polar surface area (TPSA) is 37.3 Å². The summed E-state index contributed by atoms with van der Waals surface area (Å²) in [5, 5.41) is 9.31. The van der Waals surface area contributed by atoms with Crippen LogP contribution in [0.4, 0.5) is 0 Å². The monoisotopic (exact) mass is 312 g/mol. The molecular weight excluding hydrogens is 272 g/mol. The Bertz CT molecular complexity index is 238. The highest BCUT2D eigenvalue weighted by atomic mass is 16.4. The highest BCUT2D eigenvalue weighted by Crippen LogP contribution is 2.19. The van der Waals surface area contributed by atoms with Gasteiger partial charge in [0, 0.05) is 0 Å². The summed E-state index contributed by atoms with van der Waals surface area (Å²) in [5.74, 6) is -0.664. The SMILES string of the molecule is CCCCCCCCCC[C@H](CCCCCCCC)C(=O)O. The van der Waals surface area contributed by atoms with Gasteiger partial charge >= 0.3 is 5.97 Å². The van der Waals surface area contributed by atoms with Gasteiger partial charge in [0.2, 0.25) is 0 Å². The van der Waals surface area contributed by atoms with Gasteiger partial charge in [0.1, 0.15) is 0 Å². The normalized spacial score (nSPS) is 12.5. The molecule has 0 radical (unpaired) electrons. The number of unbranched alkanes of at least 4 members (excludes halogenated alkanes) is 12. The zero-order chi connectivity index (χ0) is 16.5. The molecule has 0 aliphatic rings. The lowest BCUT2D eigenvalue weighted by atomic mass is 9.94. The minimum atomic E-state index is -0.573. The van der Waals surface area contributed by atoms with E-state index in [1.165, 1.54) is 77.0 Å². The number of carboxylic acid groups (broad SMARTS) is 1. The van der Waals surface area contributed by atoms with Crippen molar-refractivity contribution < 1.29 is 9.90 Å². The van der Waals surface area contributed by atoms with Crippen molar-refractivity contribution in [3.8, 4) is 0 Å². The molecule has 0 heterocycles. The van der Waals surface area contributed by atoms with Gasteiger partial charge in [-0.15, -0.1) is 0 Å². The lowest BCUT2D eigenvalue weighted by molar-refractivity contribution is -0.142. The van der Waals surface area contributed by atoms with Crippen LogP contribution in [0.1, 0.15) is 117 Å². The van der Waals surface area contributed by atoms with Gasteiger partial charge in [0.15, 0.2) is 0 Å². The second kappa shape index (κ2) is 16.8. The number of hydrogen-bond acceptors (Lipinski definition) is 1. The first-order chi connectivity index (χ1) is 10.7. The summed E-state index contributed by atoms with van der Waals surface area (Å²) in [6, 6.07) is 0. The van der Waals surface area contributed by atoms with Crippen LogP contribution >= 0.6 is 0 Å². The molecule has 0 bridgehead atoms. The summed E-state index contributed by atoms with van der Waals surface area (Å²) in [5.41, 5.74) is 0. The summed E-state index contributed by atoms with van der Waals surface area (Å²) in [7, 11) is 0. The van der Waals surface area contributed by atoms with E-state index in [1.807, 2.05) is 0 Å². The standard InChI is InChI=1S/C20H40O2/c1-3-5-7-9-11-12-14-16-18-19(20(21)22)17-15-13-10-8-6-4-2/h19H,3-18H2,1-2H3,(H,21,22)/t19-/m0/s1. The zero-order valence-electron chi connectivity index (χ0n) is 15.2. The fourth-order valence-corrected chi connectivity index (χ4v) is 3.09. The van der Waals surface area contributed by atoms with Gasteiger partial charge in [-0.1, -0.05) is 104 Å². The molecule has 0 aromatic rings. The molecule has 0 aliphatic carbocycles. The van der Waals surface area contributed by atoms with Gasteiger partial charge in [-0.3, -0.25) is 4.79 Å². The lowest BCUT2D eigenvalue weighted by Gasteiger charge is -2.12. The second-order valence-corrected chi connectivity index (χ2v) is 6.86. The Labute approximate surface area is 139 Å². The number of carboxylic acids is 1. The minimum absolute atomic E-state index is 0.0914. The molecule has 0 aliphatic heterocycles. The van der Waals surface area contributed by atoms with Gasteiger partial charge in [-0.25, -0.2) is 0 Å². The maximum Gasteiger partial charge on any atom is 0.306 e. The largest absolute Gasteiger partial charge is 0.481 e. The maximum atomic E-state index is 11.3. The molecule has 132 valence electrons. The zero-order valence-corrected chi connectivity index (χ0v) is 15.2. The van der Waals surface area contributed by atoms with Gasteiger partial charge in [0.05, 0.1) is 5.92 Å². The Kier molecular flexibility index (Phi) is 16.4. The third kappa shape index (κ3) is 14.4. The average Bonchev–Trinajstić information content (AvgIpc) is 2.50. The first-order valence-corrected chi connectivity index (χ1v) is 9.95. The Morgan fingerprint density at radius 3 is 1.27 bits per heavy atom. The first kappa shape index (κ1) is 21.5. The summed E-state index contributed by atoms with van der Waals surface area (Å²) in [4.78, 5) is 11.3. The van der Waals surface area contributed by atoms with Crippen LogP contribution in [0.25, 0.3) is 0 Å². The fraction of sp³-hybridized carbons (Fsp3) is 0.950. The van der Waals surface area contributed by atoms with Crippen molar-refractivity contribution in [1.29, 1.82) is 0 Å². The predicted molar refractivity (Wildman–Crippen MR) is 96.3 cm³/mol. The molecule has 22 heavy (non-hydrogen) atoms. The molecule has 0 unspecified atom stereocenters. The second-order valence-electron chi connectivity index (χ2n) is 6.86. The van der Waals surface area contributed by atoms with Crippen molar-refractivity contribution in [3.63, 3.8) is 0 Å². The Hall–Kier alpha value is -0.530. The van der Waals surface area contributed by atoms with Crippen molar-refractivity contribution >= 4 is 5.97 Å². The molecular formula is C20H40O2. The molecule has 0 spiro atoms. The molecule has 2 heteroatoms. The van der Waals surface area contributed by atoms with Crippen molar-refractivity contribution in [3.05, 3.63) is 0 Å². The molecule has 1 atom stereocenters. The van der Waals surface area contributed by atoms with E-state index in [0.717, 1.165) is 25.7 Å². The predicted octanol–water partition coefficient (Wildman–Crippen LogP) is 6.97. The number of aliphatic carboxylic acids is 1. The molecule has 0 saturated carbocycles. The molecule has 0 fully saturated rings. The Morgan fingerprint density at radius 2 is 0.955 bits per heavy atom. The number of carbonyl (C=O) groups is 1. The third-order valence-corrected chi connectivity index (χ3v) is 4.66. The smallest absolute Gasteiger partial charge is 0.306 e. The maximum absolute atomic E-state index is 11.3. The van der Waals surface area contributed by atoms with Crippen molar-refractivity contribution in [2.75, 3.05) is 0 Å². The van der Waals surface area contributed by atoms with Crippen LogP contribution in [0.2, 0.25) is 0 Å². The van der Waals surface area contributed by atoms with E-state index in [9.17, 15) is 9.90 Å². The van der Waals surface area contributed by atoms with E-state index in [-0.39, 0.29) is 5.92 Å². The number of hydrogen-bond donors (Lipinski definition) is 1. The van der Waals surface area contributed by atoms with Crippen molar-refractivity contribution in [2.24, 2.45) is 5.92 Å². The molecule has 1 N–H and O–H groups in total. The van der Waals surface area contributed by atoms with Gasteiger partial charge in [-0.05, 0) is 12.8 Å². The van der Waals surface area contributed by atoms with Crippen LogP contribution in [-0.4, -0.2) is 11.1 Å². The summed E-state index contributed by atoms with van der Waals surface area (Å²) in [6.45, 7) is 4.47. The van der Waals surface area contributed by atoms with Crippen LogP contribution in [0.5, 0.6) is 0 Å². The molecule has 0 aromatic carbocycles. The molecule has 0 aromatic heterocycles. The highest BCUT2D eigenvalue weighted by Gasteiger charge is 2.16. The van der Waals surface area contributed by atoms with Gasteiger partial charge in [0.25, 0.3) is 0 Å². The average molecular weight is 313 g/mol. The van der Waals surface area contributed by atoms with Crippen molar-refractivity contribution in [1.82, 2.24) is 0 Å². The first-order valence-electron chi connectivity index (χ1n) is 9.95. The van der Waals surface area contributed by atoms with E-state index >= 15 is 0 Å². The van der Waals surface area contributed by atoms with Crippen LogP contribution in [0, 0.1) is 5.92 Å². The van der Waals surface area contributed by atoms with E-state index in [4.69, 9.17) is 0 Å². The molecule has 0 saturated heterocycles. The van der Waals surface area contributed by atoms with Gasteiger partial charge < -0.3 is 5.11 Å². The van der Waals surface area contributed by atoms with Crippen LogP contribution in [-0.2, 0) is 4.79 Å². The van der Waals surface area contributed by atoms with E-state index < -0.39 is 5.97 Å².